The molecule has 3 heteroatoms. The molecule has 0 aliphatic carbocycles. The molecular formula is C38H23NO2. The molecule has 3 heterocycles. The van der Waals surface area contributed by atoms with Gasteiger partial charge in [0, 0.05) is 33.0 Å². The minimum atomic E-state index is 0.862. The molecule has 0 aliphatic rings. The Balaban J connectivity index is 1.40. The molecule has 0 saturated carbocycles. The van der Waals surface area contributed by atoms with Gasteiger partial charge in [0.25, 0.3) is 0 Å². The van der Waals surface area contributed by atoms with Crippen LogP contribution in [0.3, 0.4) is 0 Å². The number of furan rings is 2. The van der Waals surface area contributed by atoms with E-state index in [1.54, 1.807) is 0 Å². The Morgan fingerprint density at radius 2 is 1.02 bits per heavy atom. The largest absolute Gasteiger partial charge is 0.455 e. The number of nitrogens with zero attached hydrogens (tertiary/aromatic N) is 1. The lowest BCUT2D eigenvalue weighted by atomic mass is 9.98. The first-order chi connectivity index (χ1) is 20.4. The predicted octanol–water partition coefficient (Wildman–Crippen LogP) is 10.8. The highest BCUT2D eigenvalue weighted by Gasteiger charge is 2.23. The van der Waals surface area contributed by atoms with Gasteiger partial charge in [-0.25, -0.2) is 0 Å². The number of hydrogen-bond acceptors (Lipinski definition) is 2. The van der Waals surface area contributed by atoms with Crippen LogP contribution in [-0.4, -0.2) is 4.57 Å². The van der Waals surface area contributed by atoms with Gasteiger partial charge in [0.05, 0.1) is 10.9 Å². The molecule has 0 unspecified atom stereocenters. The molecule has 0 fully saturated rings. The van der Waals surface area contributed by atoms with Gasteiger partial charge >= 0.3 is 0 Å². The second-order valence-corrected chi connectivity index (χ2v) is 10.5. The summed E-state index contributed by atoms with van der Waals surface area (Å²) in [5.41, 5.74) is 11.2. The molecule has 0 radical (unpaired) electrons. The summed E-state index contributed by atoms with van der Waals surface area (Å²) in [6.07, 6.45) is 0. The molecule has 0 atom stereocenters. The van der Waals surface area contributed by atoms with Gasteiger partial charge in [-0.2, -0.15) is 0 Å². The van der Waals surface area contributed by atoms with Gasteiger partial charge in [-0.3, -0.25) is 0 Å². The van der Waals surface area contributed by atoms with Crippen LogP contribution in [0.5, 0.6) is 0 Å². The summed E-state index contributed by atoms with van der Waals surface area (Å²) in [6, 6.07) is 48.6. The van der Waals surface area contributed by atoms with Crippen molar-refractivity contribution in [1.29, 1.82) is 0 Å². The van der Waals surface area contributed by atoms with E-state index in [1.165, 1.54) is 0 Å². The van der Waals surface area contributed by atoms with E-state index in [2.05, 4.69) is 138 Å². The zero-order valence-corrected chi connectivity index (χ0v) is 22.0. The van der Waals surface area contributed by atoms with E-state index >= 15 is 0 Å². The van der Waals surface area contributed by atoms with Crippen LogP contribution in [0.2, 0.25) is 0 Å². The maximum Gasteiger partial charge on any atom is 0.161 e. The summed E-state index contributed by atoms with van der Waals surface area (Å²) in [5.74, 6) is 0. The number of benzene rings is 6. The second-order valence-electron chi connectivity index (χ2n) is 10.5. The number of hydrogen-bond donors (Lipinski definition) is 0. The molecule has 0 saturated heterocycles. The second kappa shape index (κ2) is 8.48. The summed E-state index contributed by atoms with van der Waals surface area (Å²) < 4.78 is 15.7. The SMILES string of the molecule is c1ccc(-c2cccc3c2oc2c(-c4cccc5oc6c7ccccc7n(-c7ccccc7)c6c45)cccc23)cc1. The van der Waals surface area contributed by atoms with Crippen molar-refractivity contribution in [2.45, 2.75) is 0 Å². The summed E-state index contributed by atoms with van der Waals surface area (Å²) in [6.45, 7) is 0. The van der Waals surface area contributed by atoms with Gasteiger partial charge in [0.2, 0.25) is 0 Å². The first kappa shape index (κ1) is 22.3. The fraction of sp³-hybridized carbons (Fsp3) is 0. The molecule has 0 amide bonds. The summed E-state index contributed by atoms with van der Waals surface area (Å²) in [7, 11) is 0. The zero-order valence-electron chi connectivity index (χ0n) is 22.0. The van der Waals surface area contributed by atoms with E-state index in [4.69, 9.17) is 8.83 Å². The highest BCUT2D eigenvalue weighted by Crippen LogP contribution is 2.45. The third kappa shape index (κ3) is 3.14. The third-order valence-electron chi connectivity index (χ3n) is 8.22. The fourth-order valence-electron chi connectivity index (χ4n) is 6.46. The number of fused-ring (bicyclic) bond motifs is 8. The smallest absolute Gasteiger partial charge is 0.161 e. The van der Waals surface area contributed by atoms with Crippen molar-refractivity contribution in [3.8, 4) is 27.9 Å². The Kier molecular flexibility index (Phi) is 4.61. The lowest BCUT2D eigenvalue weighted by Crippen LogP contribution is -1.93. The highest BCUT2D eigenvalue weighted by atomic mass is 16.3. The quantitative estimate of drug-likeness (QED) is 0.230. The number of para-hydroxylation sites is 4. The van der Waals surface area contributed by atoms with Crippen LogP contribution in [0.15, 0.2) is 148 Å². The topological polar surface area (TPSA) is 31.2 Å². The molecule has 0 aliphatic heterocycles. The van der Waals surface area contributed by atoms with Gasteiger partial charge in [-0.05, 0) is 41.5 Å². The van der Waals surface area contributed by atoms with Crippen molar-refractivity contribution in [2.24, 2.45) is 0 Å². The Morgan fingerprint density at radius 1 is 0.415 bits per heavy atom. The Labute approximate surface area is 235 Å². The van der Waals surface area contributed by atoms with Crippen molar-refractivity contribution in [3.63, 3.8) is 0 Å². The zero-order chi connectivity index (χ0) is 26.9. The van der Waals surface area contributed by atoms with Crippen molar-refractivity contribution < 1.29 is 8.83 Å². The van der Waals surface area contributed by atoms with Crippen LogP contribution < -0.4 is 0 Å². The molecule has 3 nitrogen and oxygen atoms in total. The van der Waals surface area contributed by atoms with Crippen LogP contribution in [-0.2, 0) is 0 Å². The first-order valence-electron chi connectivity index (χ1n) is 13.9. The number of rotatable bonds is 3. The van der Waals surface area contributed by atoms with Crippen LogP contribution in [0.1, 0.15) is 0 Å². The fourth-order valence-corrected chi connectivity index (χ4v) is 6.46. The van der Waals surface area contributed by atoms with Gasteiger partial charge in [-0.1, -0.05) is 109 Å². The Hall–Kier alpha value is -5.54. The van der Waals surface area contributed by atoms with Crippen LogP contribution in [0, 0.1) is 0 Å². The minimum absolute atomic E-state index is 0.862. The average Bonchev–Trinajstić information content (AvgIpc) is 3.70. The normalized spacial score (nSPS) is 11.9. The van der Waals surface area contributed by atoms with Crippen molar-refractivity contribution in [1.82, 2.24) is 4.57 Å². The monoisotopic (exact) mass is 525 g/mol. The van der Waals surface area contributed by atoms with Crippen molar-refractivity contribution in [3.05, 3.63) is 140 Å². The number of aromatic nitrogens is 1. The van der Waals surface area contributed by atoms with Gasteiger partial charge in [-0.15, -0.1) is 0 Å². The molecule has 0 N–H and O–H groups in total. The maximum absolute atomic E-state index is 6.80. The summed E-state index contributed by atoms with van der Waals surface area (Å²) in [4.78, 5) is 0. The van der Waals surface area contributed by atoms with E-state index in [-0.39, 0.29) is 0 Å². The highest BCUT2D eigenvalue weighted by molar-refractivity contribution is 6.22. The molecule has 6 aromatic carbocycles. The first-order valence-corrected chi connectivity index (χ1v) is 13.9. The van der Waals surface area contributed by atoms with E-state index in [0.29, 0.717) is 0 Å². The van der Waals surface area contributed by atoms with E-state index in [1.807, 2.05) is 6.07 Å². The molecule has 192 valence electrons. The summed E-state index contributed by atoms with van der Waals surface area (Å²) >= 11 is 0. The molecule has 3 aromatic heterocycles. The van der Waals surface area contributed by atoms with Gasteiger partial charge < -0.3 is 13.4 Å². The lowest BCUT2D eigenvalue weighted by Gasteiger charge is -2.09. The van der Waals surface area contributed by atoms with E-state index < -0.39 is 0 Å². The van der Waals surface area contributed by atoms with E-state index in [0.717, 1.165) is 82.9 Å². The van der Waals surface area contributed by atoms with E-state index in [9.17, 15) is 0 Å². The summed E-state index contributed by atoms with van der Waals surface area (Å²) in [5, 5.41) is 4.41. The van der Waals surface area contributed by atoms with Crippen molar-refractivity contribution >= 4 is 54.9 Å². The lowest BCUT2D eigenvalue weighted by molar-refractivity contribution is 0.671. The Morgan fingerprint density at radius 3 is 1.83 bits per heavy atom. The van der Waals surface area contributed by atoms with Crippen molar-refractivity contribution in [2.75, 3.05) is 0 Å². The minimum Gasteiger partial charge on any atom is -0.455 e. The predicted molar refractivity (Wildman–Crippen MR) is 169 cm³/mol. The Bertz CT molecular complexity index is 2410. The van der Waals surface area contributed by atoms with Crippen LogP contribution in [0.25, 0.3) is 82.9 Å². The standard InChI is InChI=1S/C38H23NO2/c1-3-12-24(13-4-1)26-17-9-20-29-30-21-10-19-28(37(30)41-36(26)29)27-18-11-23-33-34(27)35-38(40-33)31-16-7-8-22-32(31)39(35)25-14-5-2-6-15-25/h1-23H. The van der Waals surface area contributed by atoms with Gasteiger partial charge in [0.15, 0.2) is 5.58 Å². The third-order valence-corrected chi connectivity index (χ3v) is 8.22. The molecular weight excluding hydrogens is 502 g/mol. The maximum atomic E-state index is 6.80. The molecule has 0 spiro atoms. The average molecular weight is 526 g/mol. The van der Waals surface area contributed by atoms with Crippen LogP contribution >= 0.6 is 0 Å². The van der Waals surface area contributed by atoms with Crippen LogP contribution in [0.4, 0.5) is 0 Å². The molecule has 9 aromatic rings. The molecule has 0 bridgehead atoms. The van der Waals surface area contributed by atoms with Gasteiger partial charge in [0.1, 0.15) is 22.3 Å². The molecule has 41 heavy (non-hydrogen) atoms. The molecule has 9 rings (SSSR count).